The molecule has 0 saturated heterocycles. The molecule has 0 heterocycles. The third-order valence-electron chi connectivity index (χ3n) is 4.11. The number of nitrogens with zero attached hydrogens (tertiary/aromatic N) is 2. The van der Waals surface area contributed by atoms with Crippen molar-refractivity contribution in [2.75, 3.05) is 18.6 Å². The number of nitrogen functional groups attached to an aromatic ring is 2. The average Bonchev–Trinajstić information content (AvgIpc) is 2.64. The van der Waals surface area contributed by atoms with E-state index in [1.54, 1.807) is 0 Å². The van der Waals surface area contributed by atoms with Crippen LogP contribution in [-0.4, -0.2) is 33.1 Å². The zero-order valence-corrected chi connectivity index (χ0v) is 17.0. The molecule has 0 aliphatic carbocycles. The minimum absolute atomic E-state index is 0.124. The first-order chi connectivity index (χ1) is 13.9. The molecule has 0 bridgehead atoms. The Balaban J connectivity index is 2.26. The third kappa shape index (κ3) is 4.18. The van der Waals surface area contributed by atoms with E-state index >= 15 is 0 Å². The predicted molar refractivity (Wildman–Crippen MR) is 110 cm³/mol. The van der Waals surface area contributed by atoms with Gasteiger partial charge in [0.05, 0.1) is 24.2 Å². The van der Waals surface area contributed by atoms with E-state index in [1.807, 2.05) is 0 Å². The van der Waals surface area contributed by atoms with Crippen molar-refractivity contribution in [3.05, 3.63) is 42.5 Å². The molecular weight excluding hydrogens is 436 g/mol. The van der Waals surface area contributed by atoms with Crippen LogP contribution in [-0.2, 0) is 20.2 Å². The highest BCUT2D eigenvalue weighted by Gasteiger charge is 2.21. The predicted octanol–water partition coefficient (Wildman–Crippen LogP) is 2.92. The van der Waals surface area contributed by atoms with Crippen LogP contribution in [0.2, 0.25) is 0 Å². The largest absolute Gasteiger partial charge is 0.495 e. The number of rotatable bonds is 5. The highest BCUT2D eigenvalue weighted by atomic mass is 32.2. The lowest BCUT2D eigenvalue weighted by Gasteiger charge is -2.09. The van der Waals surface area contributed by atoms with Crippen LogP contribution in [0.1, 0.15) is 0 Å². The maximum absolute atomic E-state index is 11.8. The molecule has 11 nitrogen and oxygen atoms in total. The van der Waals surface area contributed by atoms with Crippen LogP contribution in [0.5, 0.6) is 5.75 Å². The Morgan fingerprint density at radius 1 is 0.833 bits per heavy atom. The zero-order valence-electron chi connectivity index (χ0n) is 15.3. The summed E-state index contributed by atoms with van der Waals surface area (Å²) >= 11 is 0. The second-order valence-corrected chi connectivity index (χ2v) is 8.88. The Bertz CT molecular complexity index is 1400. The molecule has 3 aromatic carbocycles. The fraction of sp³-hybridized carbons (Fsp3) is 0.0588. The van der Waals surface area contributed by atoms with E-state index in [1.165, 1.54) is 37.4 Å². The van der Waals surface area contributed by atoms with Crippen molar-refractivity contribution >= 4 is 53.8 Å². The van der Waals surface area contributed by atoms with Crippen LogP contribution in [0.3, 0.4) is 0 Å². The number of hydrogen-bond acceptors (Lipinski definition) is 9. The average molecular weight is 452 g/mol. The van der Waals surface area contributed by atoms with Crippen molar-refractivity contribution in [3.8, 4) is 5.75 Å². The molecule has 3 aromatic rings. The molecule has 3 rings (SSSR count). The molecule has 0 unspecified atom stereocenters. The van der Waals surface area contributed by atoms with Gasteiger partial charge in [0.2, 0.25) is 0 Å². The normalized spacial score (nSPS) is 12.5. The molecule has 6 N–H and O–H groups in total. The van der Waals surface area contributed by atoms with Crippen molar-refractivity contribution in [2.24, 2.45) is 10.2 Å². The molecule has 0 aromatic heterocycles. The first kappa shape index (κ1) is 21.4. The lowest BCUT2D eigenvalue weighted by molar-refractivity contribution is 0.417. The van der Waals surface area contributed by atoms with Crippen molar-refractivity contribution in [1.82, 2.24) is 0 Å². The highest BCUT2D eigenvalue weighted by molar-refractivity contribution is 7.86. The van der Waals surface area contributed by atoms with Gasteiger partial charge in [-0.05, 0) is 24.3 Å². The van der Waals surface area contributed by atoms with Crippen LogP contribution in [0.4, 0.5) is 22.7 Å². The molecule has 0 amide bonds. The summed E-state index contributed by atoms with van der Waals surface area (Å²) in [6.07, 6.45) is 0. The Labute approximate surface area is 171 Å². The molecule has 0 spiro atoms. The van der Waals surface area contributed by atoms with Crippen molar-refractivity contribution < 1.29 is 30.7 Å². The monoisotopic (exact) mass is 452 g/mol. The summed E-state index contributed by atoms with van der Waals surface area (Å²) in [6, 6.07) is 8.58. The van der Waals surface area contributed by atoms with Gasteiger partial charge in [0.1, 0.15) is 21.2 Å². The van der Waals surface area contributed by atoms with Gasteiger partial charge in [-0.15, -0.1) is 5.11 Å². The highest BCUT2D eigenvalue weighted by Crippen LogP contribution is 2.36. The number of nitrogens with two attached hydrogens (primary N) is 2. The van der Waals surface area contributed by atoms with E-state index in [9.17, 15) is 25.9 Å². The first-order valence-corrected chi connectivity index (χ1v) is 11.0. The van der Waals surface area contributed by atoms with Gasteiger partial charge in [0.25, 0.3) is 20.2 Å². The van der Waals surface area contributed by atoms with Gasteiger partial charge in [-0.25, -0.2) is 0 Å². The van der Waals surface area contributed by atoms with Gasteiger partial charge in [-0.1, -0.05) is 12.1 Å². The van der Waals surface area contributed by atoms with Gasteiger partial charge in [0, 0.05) is 16.8 Å². The molecule has 0 aliphatic heterocycles. The van der Waals surface area contributed by atoms with E-state index in [-0.39, 0.29) is 39.3 Å². The summed E-state index contributed by atoms with van der Waals surface area (Å²) in [5, 5.41) is 7.51. The number of methoxy groups -OCH3 is 1. The summed E-state index contributed by atoms with van der Waals surface area (Å²) in [7, 11) is -8.07. The third-order valence-corrected chi connectivity index (χ3v) is 5.92. The summed E-state index contributed by atoms with van der Waals surface area (Å²) in [4.78, 5) is -1.17. The topological polar surface area (TPSA) is 195 Å². The van der Waals surface area contributed by atoms with Crippen LogP contribution < -0.4 is 16.2 Å². The van der Waals surface area contributed by atoms with Gasteiger partial charge < -0.3 is 16.2 Å². The summed E-state index contributed by atoms with van der Waals surface area (Å²) in [5.74, 6) is 0.281. The lowest BCUT2D eigenvalue weighted by atomic mass is 10.1. The minimum atomic E-state index is -4.76. The number of fused-ring (bicyclic) bond motifs is 1. The smallest absolute Gasteiger partial charge is 0.295 e. The van der Waals surface area contributed by atoms with Gasteiger partial charge in [-0.3, -0.25) is 9.11 Å². The fourth-order valence-electron chi connectivity index (χ4n) is 2.78. The second-order valence-electron chi connectivity index (χ2n) is 6.10. The van der Waals surface area contributed by atoms with Crippen LogP contribution >= 0.6 is 0 Å². The van der Waals surface area contributed by atoms with Gasteiger partial charge in [-0.2, -0.15) is 21.9 Å². The van der Waals surface area contributed by atoms with E-state index < -0.39 is 30.0 Å². The molecule has 158 valence electrons. The molecule has 30 heavy (non-hydrogen) atoms. The number of anilines is 2. The first-order valence-electron chi connectivity index (χ1n) is 8.08. The Kier molecular flexibility index (Phi) is 5.38. The van der Waals surface area contributed by atoms with Gasteiger partial charge >= 0.3 is 0 Å². The molecular formula is C17H16N4O7S2. The molecule has 0 aliphatic rings. The maximum atomic E-state index is 11.8. The lowest BCUT2D eigenvalue weighted by Crippen LogP contribution is -2.03. The SMILES string of the molecule is COc1cc(N=Nc2cc(S(=O)(=O)O)c3cccc(S(=O)(=O)O)c3c2)c(N)cc1N. The van der Waals surface area contributed by atoms with E-state index in [4.69, 9.17) is 16.2 Å². The molecule has 0 fully saturated rings. The van der Waals surface area contributed by atoms with Crippen molar-refractivity contribution in [1.29, 1.82) is 0 Å². The Hall–Kier alpha value is -3.26. The van der Waals surface area contributed by atoms with Crippen molar-refractivity contribution in [2.45, 2.75) is 9.79 Å². The summed E-state index contributed by atoms with van der Waals surface area (Å²) in [6.45, 7) is 0. The van der Waals surface area contributed by atoms with Crippen LogP contribution in [0, 0.1) is 0 Å². The standard InChI is InChI=1S/C17H16N4O7S2/c1-28-15-8-14(12(18)7-13(15)19)21-20-9-5-11-10(17(6-9)30(25,26)27)3-2-4-16(11)29(22,23)24/h2-8H,18-19H2,1H3,(H,22,23,24)(H,25,26,27). The summed E-state index contributed by atoms with van der Waals surface area (Å²) < 4.78 is 71.2. The number of azo groups is 1. The quantitative estimate of drug-likeness (QED) is 0.255. The number of ether oxygens (including phenoxy) is 1. The van der Waals surface area contributed by atoms with Crippen LogP contribution in [0.25, 0.3) is 10.8 Å². The number of hydrogen-bond donors (Lipinski definition) is 4. The molecule has 0 radical (unpaired) electrons. The zero-order chi connectivity index (χ0) is 22.3. The Morgan fingerprint density at radius 3 is 2.10 bits per heavy atom. The fourth-order valence-corrected chi connectivity index (χ4v) is 4.21. The maximum Gasteiger partial charge on any atom is 0.295 e. The van der Waals surface area contributed by atoms with E-state index in [0.717, 1.165) is 12.1 Å². The summed E-state index contributed by atoms with van der Waals surface area (Å²) in [5.41, 5.74) is 12.0. The molecule has 0 saturated carbocycles. The van der Waals surface area contributed by atoms with Crippen LogP contribution in [0.15, 0.2) is 62.5 Å². The van der Waals surface area contributed by atoms with Crippen molar-refractivity contribution in [3.63, 3.8) is 0 Å². The number of benzene rings is 3. The Morgan fingerprint density at radius 2 is 1.50 bits per heavy atom. The van der Waals surface area contributed by atoms with E-state index in [2.05, 4.69) is 10.2 Å². The molecule has 0 atom stereocenters. The minimum Gasteiger partial charge on any atom is -0.495 e. The second kappa shape index (κ2) is 7.53. The molecule has 13 heteroatoms. The van der Waals surface area contributed by atoms with Gasteiger partial charge in [0.15, 0.2) is 0 Å². The van der Waals surface area contributed by atoms with E-state index in [0.29, 0.717) is 0 Å².